The smallest absolute Gasteiger partial charge is 0.335 e. The molecule has 1 atom stereocenters. The van der Waals surface area contributed by atoms with E-state index in [4.69, 9.17) is 4.74 Å². The third-order valence-corrected chi connectivity index (χ3v) is 3.95. The van der Waals surface area contributed by atoms with Gasteiger partial charge in [0.1, 0.15) is 4.83 Å². The van der Waals surface area contributed by atoms with Crippen LogP contribution in [0, 0.1) is 5.41 Å². The molecule has 0 amide bonds. The molecule has 0 saturated heterocycles. The van der Waals surface area contributed by atoms with Gasteiger partial charge in [-0.15, -0.1) is 0 Å². The van der Waals surface area contributed by atoms with Gasteiger partial charge in [-0.05, 0) is 12.3 Å². The molecule has 0 fully saturated rings. The first-order valence-corrected chi connectivity index (χ1v) is 5.69. The van der Waals surface area contributed by atoms with E-state index in [1.54, 1.807) is 0 Å². The van der Waals surface area contributed by atoms with E-state index < -0.39 is 10.8 Å². The molecule has 3 nitrogen and oxygen atoms in total. The van der Waals surface area contributed by atoms with Crippen molar-refractivity contribution in [2.75, 3.05) is 7.11 Å². The van der Waals surface area contributed by atoms with E-state index in [-0.39, 0.29) is 11.2 Å². The van der Waals surface area contributed by atoms with Gasteiger partial charge in [0, 0.05) is 6.42 Å². The van der Waals surface area contributed by atoms with E-state index in [1.807, 2.05) is 20.8 Å². The number of methoxy groups -OCH3 is 1. The molecule has 0 saturated carbocycles. The van der Waals surface area contributed by atoms with E-state index in [0.717, 1.165) is 5.57 Å². The van der Waals surface area contributed by atoms with Crippen LogP contribution in [0.5, 0.6) is 0 Å². The fourth-order valence-corrected chi connectivity index (χ4v) is 2.43. The number of ether oxygens (including phenoxy) is 1. The second-order valence-corrected chi connectivity index (χ2v) is 5.34. The number of alkyl halides is 1. The lowest BCUT2D eigenvalue weighted by molar-refractivity contribution is -0.137. The summed E-state index contributed by atoms with van der Waals surface area (Å²) in [6.07, 6.45) is 0.454. The molecule has 84 valence electrons. The second-order valence-electron chi connectivity index (χ2n) is 4.42. The van der Waals surface area contributed by atoms with Crippen molar-refractivity contribution in [3.05, 3.63) is 11.1 Å². The van der Waals surface area contributed by atoms with Crippen molar-refractivity contribution >= 4 is 27.7 Å². The van der Waals surface area contributed by atoms with Crippen LogP contribution in [0.1, 0.15) is 27.2 Å². The number of allylic oxidation sites excluding steroid dienone is 1. The molecular weight excluding hydrogens is 260 g/mol. The Bertz CT molecular complexity index is 342. The summed E-state index contributed by atoms with van der Waals surface area (Å²) in [4.78, 5) is 22.7. The summed E-state index contributed by atoms with van der Waals surface area (Å²) < 4.78 is 4.69. The Morgan fingerprint density at radius 2 is 2.07 bits per heavy atom. The van der Waals surface area contributed by atoms with Crippen LogP contribution in [-0.4, -0.2) is 23.7 Å². The lowest BCUT2D eigenvalue weighted by atomic mass is 9.72. The van der Waals surface area contributed by atoms with E-state index in [2.05, 4.69) is 15.9 Å². The van der Waals surface area contributed by atoms with Crippen molar-refractivity contribution in [1.82, 2.24) is 0 Å². The van der Waals surface area contributed by atoms with Gasteiger partial charge in [0.2, 0.25) is 0 Å². The monoisotopic (exact) mass is 274 g/mol. The summed E-state index contributed by atoms with van der Waals surface area (Å²) in [6.45, 7) is 5.80. The van der Waals surface area contributed by atoms with Gasteiger partial charge in [0.25, 0.3) is 0 Å². The number of halogens is 1. The van der Waals surface area contributed by atoms with E-state index >= 15 is 0 Å². The van der Waals surface area contributed by atoms with Crippen molar-refractivity contribution in [2.45, 2.75) is 32.0 Å². The maximum Gasteiger partial charge on any atom is 0.335 e. The molecule has 0 heterocycles. The fourth-order valence-electron chi connectivity index (χ4n) is 1.74. The molecule has 1 aliphatic carbocycles. The quantitative estimate of drug-likeness (QED) is 0.544. The van der Waals surface area contributed by atoms with Gasteiger partial charge in [-0.1, -0.05) is 35.4 Å². The van der Waals surface area contributed by atoms with E-state index in [1.165, 1.54) is 7.11 Å². The number of Topliss-reactive ketones (excluding diaryl/α,β-unsaturated/α-hetero) is 1. The first kappa shape index (κ1) is 12.4. The first-order chi connectivity index (χ1) is 6.81. The standard InChI is InChI=1S/C11H15BrO3/c1-6-8(10(14)15-4)9(12)7(13)5-11(6,2)3/h9H,5H2,1-4H3. The fraction of sp³-hybridized carbons (Fsp3) is 0.636. The van der Waals surface area contributed by atoms with Gasteiger partial charge < -0.3 is 4.74 Å². The minimum Gasteiger partial charge on any atom is -0.466 e. The Morgan fingerprint density at radius 1 is 1.53 bits per heavy atom. The average molecular weight is 275 g/mol. The van der Waals surface area contributed by atoms with Gasteiger partial charge in [0.05, 0.1) is 12.7 Å². The number of rotatable bonds is 1. The molecule has 4 heteroatoms. The first-order valence-electron chi connectivity index (χ1n) is 4.77. The van der Waals surface area contributed by atoms with Crippen LogP contribution in [0.2, 0.25) is 0 Å². The highest BCUT2D eigenvalue weighted by Crippen LogP contribution is 2.40. The highest BCUT2D eigenvalue weighted by Gasteiger charge is 2.40. The molecule has 0 aromatic rings. The summed E-state index contributed by atoms with van der Waals surface area (Å²) in [5, 5.41) is 0. The van der Waals surface area contributed by atoms with Gasteiger partial charge in [0.15, 0.2) is 5.78 Å². The van der Waals surface area contributed by atoms with Crippen LogP contribution in [0.15, 0.2) is 11.1 Å². The van der Waals surface area contributed by atoms with E-state index in [0.29, 0.717) is 12.0 Å². The SMILES string of the molecule is COC(=O)C1=C(C)C(C)(C)CC(=O)C1Br. The highest BCUT2D eigenvalue weighted by molar-refractivity contribution is 9.10. The van der Waals surface area contributed by atoms with Gasteiger partial charge in [-0.2, -0.15) is 0 Å². The van der Waals surface area contributed by atoms with Crippen LogP contribution in [-0.2, 0) is 14.3 Å². The molecular formula is C11H15BrO3. The topological polar surface area (TPSA) is 43.4 Å². The van der Waals surface area contributed by atoms with Crippen molar-refractivity contribution in [3.8, 4) is 0 Å². The Hall–Kier alpha value is -0.640. The van der Waals surface area contributed by atoms with Gasteiger partial charge >= 0.3 is 5.97 Å². The molecule has 0 aromatic carbocycles. The van der Waals surface area contributed by atoms with Crippen molar-refractivity contribution in [3.63, 3.8) is 0 Å². The predicted molar refractivity (Wildman–Crippen MR) is 60.8 cm³/mol. The highest BCUT2D eigenvalue weighted by atomic mass is 79.9. The molecule has 0 aromatic heterocycles. The summed E-state index contributed by atoms with van der Waals surface area (Å²) in [5.74, 6) is -0.387. The van der Waals surface area contributed by atoms with Gasteiger partial charge in [-0.25, -0.2) is 4.79 Å². The normalized spacial score (nSPS) is 25.4. The van der Waals surface area contributed by atoms with Crippen molar-refractivity contribution in [2.24, 2.45) is 5.41 Å². The number of carbonyl (C=O) groups is 2. The van der Waals surface area contributed by atoms with Crippen LogP contribution >= 0.6 is 15.9 Å². The number of carbonyl (C=O) groups excluding carboxylic acids is 2. The van der Waals surface area contributed by atoms with Gasteiger partial charge in [-0.3, -0.25) is 4.79 Å². The molecule has 1 aliphatic rings. The Balaban J connectivity index is 3.27. The lowest BCUT2D eigenvalue weighted by Gasteiger charge is -2.33. The maximum absolute atomic E-state index is 11.7. The summed E-state index contributed by atoms with van der Waals surface area (Å²) >= 11 is 3.25. The lowest BCUT2D eigenvalue weighted by Crippen LogP contribution is -2.36. The Morgan fingerprint density at radius 3 is 2.53 bits per heavy atom. The number of hydrogen-bond acceptors (Lipinski definition) is 3. The average Bonchev–Trinajstić information content (AvgIpc) is 2.14. The third kappa shape index (κ3) is 2.14. The van der Waals surface area contributed by atoms with Crippen LogP contribution in [0.3, 0.4) is 0 Å². The summed E-state index contributed by atoms with van der Waals surface area (Å²) in [6, 6.07) is 0. The number of hydrogen-bond donors (Lipinski definition) is 0. The molecule has 0 spiro atoms. The zero-order chi connectivity index (χ0) is 11.8. The second kappa shape index (κ2) is 4.08. The summed E-state index contributed by atoms with van der Waals surface area (Å²) in [7, 11) is 1.33. The van der Waals surface area contributed by atoms with Crippen molar-refractivity contribution in [1.29, 1.82) is 0 Å². The van der Waals surface area contributed by atoms with E-state index in [9.17, 15) is 9.59 Å². The number of ketones is 1. The number of esters is 1. The molecule has 0 radical (unpaired) electrons. The molecule has 1 rings (SSSR count). The van der Waals surface area contributed by atoms with Crippen LogP contribution in [0.25, 0.3) is 0 Å². The minimum absolute atomic E-state index is 0.0333. The molecule has 15 heavy (non-hydrogen) atoms. The predicted octanol–water partition coefficient (Wildman–Crippen LogP) is 2.24. The maximum atomic E-state index is 11.7. The minimum atomic E-state index is -0.516. The van der Waals surface area contributed by atoms with Crippen LogP contribution < -0.4 is 0 Å². The molecule has 1 unspecified atom stereocenters. The molecule has 0 bridgehead atoms. The third-order valence-electron chi connectivity index (χ3n) is 2.98. The molecule has 0 N–H and O–H groups in total. The van der Waals surface area contributed by atoms with Crippen LogP contribution in [0.4, 0.5) is 0 Å². The zero-order valence-corrected chi connectivity index (χ0v) is 11.0. The molecule has 0 aliphatic heterocycles. The Kier molecular flexibility index (Phi) is 3.38. The van der Waals surface area contributed by atoms with Crippen molar-refractivity contribution < 1.29 is 14.3 Å². The summed E-state index contributed by atoms with van der Waals surface area (Å²) in [5.41, 5.74) is 1.12. The largest absolute Gasteiger partial charge is 0.466 e. The Labute approximate surface area is 98.0 Å². The zero-order valence-electron chi connectivity index (χ0n) is 9.39.